The largest absolute Gasteiger partial charge is 0.303 e. The Bertz CT molecular complexity index is 1370. The van der Waals surface area contributed by atoms with Crippen LogP contribution in [0.5, 0.6) is 0 Å². The molecule has 30 heavy (non-hydrogen) atoms. The van der Waals surface area contributed by atoms with Gasteiger partial charge in [0.2, 0.25) is 0 Å². The maximum atomic E-state index is 13.4. The summed E-state index contributed by atoms with van der Waals surface area (Å²) in [5.41, 5.74) is 3.79. The van der Waals surface area contributed by atoms with Gasteiger partial charge in [-0.2, -0.15) is 0 Å². The number of rotatable bonds is 3. The normalized spacial score (nSPS) is 14.5. The Balaban J connectivity index is 1.64. The molecular weight excluding hydrogens is 374 g/mol. The predicted octanol–water partition coefficient (Wildman–Crippen LogP) is 4.02. The fourth-order valence-electron chi connectivity index (χ4n) is 3.86. The molecule has 5 rings (SSSR count). The van der Waals surface area contributed by atoms with Crippen LogP contribution in [0.2, 0.25) is 0 Å². The van der Waals surface area contributed by atoms with Gasteiger partial charge in [-0.05, 0) is 29.8 Å². The molecular formula is C25H19N3O2. The summed E-state index contributed by atoms with van der Waals surface area (Å²) in [5, 5.41) is 0.561. The number of benzene rings is 3. The highest BCUT2D eigenvalue weighted by atomic mass is 16.2. The molecule has 0 saturated carbocycles. The van der Waals surface area contributed by atoms with Crippen molar-refractivity contribution in [2.75, 3.05) is 4.90 Å². The first kappa shape index (κ1) is 18.1. The van der Waals surface area contributed by atoms with E-state index in [0.717, 1.165) is 16.8 Å². The summed E-state index contributed by atoms with van der Waals surface area (Å²) >= 11 is 0. The molecule has 0 atom stereocenters. The van der Waals surface area contributed by atoms with Crippen LogP contribution in [0.25, 0.3) is 22.6 Å². The smallest absolute Gasteiger partial charge is 0.261 e. The van der Waals surface area contributed by atoms with Crippen LogP contribution >= 0.6 is 0 Å². The first-order valence-electron chi connectivity index (χ1n) is 9.76. The topological polar surface area (TPSA) is 55.2 Å². The molecule has 1 aliphatic heterocycles. The Hall–Kier alpha value is -3.99. The molecule has 1 aliphatic rings. The lowest BCUT2D eigenvalue weighted by molar-refractivity contribution is -0.113. The van der Waals surface area contributed by atoms with E-state index >= 15 is 0 Å². The zero-order valence-corrected chi connectivity index (χ0v) is 16.4. The van der Waals surface area contributed by atoms with E-state index in [9.17, 15) is 9.59 Å². The zero-order valence-electron chi connectivity index (χ0n) is 16.4. The number of hydrogen-bond acceptors (Lipinski definition) is 3. The number of carbonyl (C=O) groups is 1. The van der Waals surface area contributed by atoms with E-state index in [-0.39, 0.29) is 11.5 Å². The molecule has 0 aliphatic carbocycles. The minimum atomic E-state index is -0.132. The van der Waals surface area contributed by atoms with E-state index < -0.39 is 0 Å². The molecule has 0 radical (unpaired) electrons. The molecule has 4 aromatic rings. The summed E-state index contributed by atoms with van der Waals surface area (Å²) < 4.78 is 1.49. The highest BCUT2D eigenvalue weighted by Gasteiger charge is 2.32. The predicted molar refractivity (Wildman–Crippen MR) is 119 cm³/mol. The van der Waals surface area contributed by atoms with Gasteiger partial charge in [0, 0.05) is 12.6 Å². The van der Waals surface area contributed by atoms with Crippen molar-refractivity contribution in [2.45, 2.75) is 6.54 Å². The number of fused-ring (bicyclic) bond motifs is 2. The van der Waals surface area contributed by atoms with Crippen molar-refractivity contribution in [1.29, 1.82) is 0 Å². The van der Waals surface area contributed by atoms with E-state index in [1.54, 1.807) is 24.1 Å². The maximum Gasteiger partial charge on any atom is 0.261 e. The number of hydrogen-bond donors (Lipinski definition) is 0. The molecule has 0 spiro atoms. The van der Waals surface area contributed by atoms with E-state index in [1.807, 2.05) is 72.8 Å². The van der Waals surface area contributed by atoms with Crippen molar-refractivity contribution in [3.8, 4) is 0 Å². The second-order valence-corrected chi connectivity index (χ2v) is 7.30. The van der Waals surface area contributed by atoms with Gasteiger partial charge in [-0.25, -0.2) is 4.98 Å². The van der Waals surface area contributed by atoms with Gasteiger partial charge >= 0.3 is 0 Å². The summed E-state index contributed by atoms with van der Waals surface area (Å²) in [6.45, 7) is 0.484. The van der Waals surface area contributed by atoms with Gasteiger partial charge in [-0.15, -0.1) is 0 Å². The third kappa shape index (κ3) is 2.92. The summed E-state index contributed by atoms with van der Waals surface area (Å²) in [7, 11) is 1.68. The molecule has 3 aromatic carbocycles. The number of aromatic nitrogens is 2. The number of nitrogens with zero attached hydrogens (tertiary/aromatic N) is 3. The Morgan fingerprint density at radius 2 is 1.57 bits per heavy atom. The van der Waals surface area contributed by atoms with E-state index in [2.05, 4.69) is 4.98 Å². The SMILES string of the molecule is Cn1c(C=C2C(=O)N(Cc3ccccc3)c3ccccc32)nc2ccccc2c1=O. The minimum absolute atomic E-state index is 0.0949. The molecule has 1 aromatic heterocycles. The van der Waals surface area contributed by atoms with Crippen LogP contribution < -0.4 is 10.5 Å². The van der Waals surface area contributed by atoms with E-state index in [0.29, 0.717) is 28.8 Å². The molecule has 5 heteroatoms. The van der Waals surface area contributed by atoms with Crippen LogP contribution in [0.4, 0.5) is 5.69 Å². The molecule has 5 nitrogen and oxygen atoms in total. The van der Waals surface area contributed by atoms with E-state index in [1.165, 1.54) is 4.57 Å². The number of amides is 1. The zero-order chi connectivity index (χ0) is 20.7. The second kappa shape index (κ2) is 7.12. The molecule has 1 amide bonds. The summed E-state index contributed by atoms with van der Waals surface area (Å²) in [4.78, 5) is 32.5. The standard InChI is InChI=1S/C25H19N3O2/c1-27-23(26-21-13-7-5-12-19(21)24(27)29)15-20-18-11-6-8-14-22(18)28(25(20)30)16-17-9-3-2-4-10-17/h2-15H,16H2,1H3. The quantitative estimate of drug-likeness (QED) is 0.494. The van der Waals surface area contributed by atoms with Crippen LogP contribution in [-0.4, -0.2) is 15.5 Å². The van der Waals surface area contributed by atoms with Crippen LogP contribution in [-0.2, 0) is 18.4 Å². The summed E-state index contributed by atoms with van der Waals surface area (Å²) in [6.07, 6.45) is 1.72. The van der Waals surface area contributed by atoms with Crippen molar-refractivity contribution >= 4 is 34.1 Å². The number of para-hydroxylation sites is 2. The van der Waals surface area contributed by atoms with Crippen LogP contribution in [0, 0.1) is 0 Å². The highest BCUT2D eigenvalue weighted by Crippen LogP contribution is 2.38. The van der Waals surface area contributed by atoms with Gasteiger partial charge in [-0.1, -0.05) is 60.7 Å². The van der Waals surface area contributed by atoms with Gasteiger partial charge in [0.15, 0.2) is 0 Å². The lowest BCUT2D eigenvalue weighted by Gasteiger charge is -2.17. The molecule has 0 unspecified atom stereocenters. The third-order valence-corrected chi connectivity index (χ3v) is 5.44. The molecule has 0 saturated heterocycles. The summed E-state index contributed by atoms with van der Waals surface area (Å²) in [6, 6.07) is 24.9. The summed E-state index contributed by atoms with van der Waals surface area (Å²) in [5.74, 6) is 0.362. The van der Waals surface area contributed by atoms with Gasteiger partial charge in [0.1, 0.15) is 5.82 Å². The molecule has 2 heterocycles. The lowest BCUT2D eigenvalue weighted by atomic mass is 10.1. The van der Waals surface area contributed by atoms with Crippen molar-refractivity contribution in [3.63, 3.8) is 0 Å². The van der Waals surface area contributed by atoms with Gasteiger partial charge in [0.05, 0.1) is 28.7 Å². The monoisotopic (exact) mass is 393 g/mol. The van der Waals surface area contributed by atoms with Crippen LogP contribution in [0.3, 0.4) is 0 Å². The number of carbonyl (C=O) groups excluding carboxylic acids is 1. The van der Waals surface area contributed by atoms with Crippen molar-refractivity contribution < 1.29 is 4.79 Å². The average Bonchev–Trinajstić information content (AvgIpc) is 3.04. The van der Waals surface area contributed by atoms with Gasteiger partial charge in [0.25, 0.3) is 11.5 Å². The molecule has 146 valence electrons. The molecule has 0 bridgehead atoms. The first-order chi connectivity index (χ1) is 14.6. The lowest BCUT2D eigenvalue weighted by Crippen LogP contribution is -2.26. The van der Waals surface area contributed by atoms with Crippen LogP contribution in [0.15, 0.2) is 83.7 Å². The highest BCUT2D eigenvalue weighted by molar-refractivity contribution is 6.35. The Kier molecular flexibility index (Phi) is 4.29. The number of anilines is 1. The van der Waals surface area contributed by atoms with Crippen LogP contribution in [0.1, 0.15) is 17.0 Å². The van der Waals surface area contributed by atoms with E-state index in [4.69, 9.17) is 0 Å². The molecule has 0 N–H and O–H groups in total. The fourth-order valence-corrected chi connectivity index (χ4v) is 3.86. The van der Waals surface area contributed by atoms with Crippen molar-refractivity contribution in [1.82, 2.24) is 9.55 Å². The third-order valence-electron chi connectivity index (χ3n) is 5.44. The fraction of sp³-hybridized carbons (Fsp3) is 0.0800. The average molecular weight is 393 g/mol. The Morgan fingerprint density at radius 1 is 0.867 bits per heavy atom. The second-order valence-electron chi connectivity index (χ2n) is 7.30. The van der Waals surface area contributed by atoms with Gasteiger partial charge in [-0.3, -0.25) is 14.2 Å². The van der Waals surface area contributed by atoms with Crippen molar-refractivity contribution in [3.05, 3.63) is 106 Å². The first-order valence-corrected chi connectivity index (χ1v) is 9.76. The Labute approximate surface area is 173 Å². The van der Waals surface area contributed by atoms with Gasteiger partial charge < -0.3 is 4.90 Å². The minimum Gasteiger partial charge on any atom is -0.303 e. The maximum absolute atomic E-state index is 13.4. The van der Waals surface area contributed by atoms with Crippen molar-refractivity contribution in [2.24, 2.45) is 7.05 Å². The Morgan fingerprint density at radius 3 is 2.40 bits per heavy atom. The molecule has 0 fully saturated rings.